The third kappa shape index (κ3) is 1.71. The van der Waals surface area contributed by atoms with Crippen LogP contribution in [0.4, 0.5) is 0 Å². The van der Waals surface area contributed by atoms with Crippen LogP contribution in [0.2, 0.25) is 0 Å². The van der Waals surface area contributed by atoms with Crippen molar-refractivity contribution in [1.82, 2.24) is 0 Å². The quantitative estimate of drug-likeness (QED) is 0.650. The van der Waals surface area contributed by atoms with Gasteiger partial charge in [0, 0.05) is 10.3 Å². The zero-order valence-electron chi connectivity index (χ0n) is 9.42. The van der Waals surface area contributed by atoms with Gasteiger partial charge in [0.15, 0.2) is 9.84 Å². The van der Waals surface area contributed by atoms with E-state index < -0.39 is 26.7 Å². The molecule has 1 atom stereocenters. The van der Waals surface area contributed by atoms with E-state index in [2.05, 4.69) is 0 Å². The molecule has 0 spiro atoms. The van der Waals surface area contributed by atoms with Gasteiger partial charge >= 0.3 is 0 Å². The van der Waals surface area contributed by atoms with Gasteiger partial charge in [-0.3, -0.25) is 4.79 Å². The van der Waals surface area contributed by atoms with Gasteiger partial charge in [-0.15, -0.1) is 0 Å². The van der Waals surface area contributed by atoms with E-state index in [0.29, 0.717) is 0 Å². The van der Waals surface area contributed by atoms with Gasteiger partial charge in [0.05, 0.1) is 0 Å². The van der Waals surface area contributed by atoms with Crippen molar-refractivity contribution in [3.05, 3.63) is 0 Å². The number of carbonyl (C=O) groups is 1. The molecular formula is C6H13NO3S. The molecule has 0 aromatic rings. The average Bonchev–Trinajstić information content (AvgIpc) is 2.00. The molecule has 2 N–H and O–H groups in total. The van der Waals surface area contributed by atoms with Crippen LogP contribution in [0.1, 0.15) is 24.4 Å². The molecule has 5 heteroatoms. The van der Waals surface area contributed by atoms with Crippen LogP contribution in [0.25, 0.3) is 0 Å². The summed E-state index contributed by atoms with van der Waals surface area (Å²) in [6.45, 7) is 2.42. The molecule has 0 rings (SSSR count). The zero-order valence-corrected chi connectivity index (χ0v) is 7.23. The van der Waals surface area contributed by atoms with E-state index in [9.17, 15) is 13.2 Å². The van der Waals surface area contributed by atoms with Crippen molar-refractivity contribution in [2.24, 2.45) is 5.73 Å². The molecule has 0 aromatic heterocycles. The lowest BCUT2D eigenvalue weighted by molar-refractivity contribution is -0.120. The number of primary amides is 1. The second-order valence-electron chi connectivity index (χ2n) is 2.45. The van der Waals surface area contributed by atoms with Crippen molar-refractivity contribution in [3.8, 4) is 0 Å². The van der Waals surface area contributed by atoms with Gasteiger partial charge < -0.3 is 5.73 Å². The largest absolute Gasteiger partial charge is 0.368 e. The van der Waals surface area contributed by atoms with Gasteiger partial charge in [-0.05, 0) is 13.3 Å². The molecule has 0 heterocycles. The molecular weight excluding hydrogens is 166 g/mol. The first-order valence-electron chi connectivity index (χ1n) is 4.55. The Kier molecular flexibility index (Phi) is 1.53. The van der Waals surface area contributed by atoms with Crippen LogP contribution in [0.5, 0.6) is 0 Å². The maximum atomic E-state index is 11.5. The number of hydrogen-bond donors (Lipinski definition) is 1. The van der Waals surface area contributed by atoms with Crippen LogP contribution in [-0.2, 0) is 14.6 Å². The summed E-state index contributed by atoms with van der Waals surface area (Å²) in [6.07, 6.45) is -3.38. The third-order valence-electron chi connectivity index (χ3n) is 1.79. The zero-order chi connectivity index (χ0) is 11.8. The van der Waals surface area contributed by atoms with Crippen LogP contribution in [0.15, 0.2) is 0 Å². The van der Waals surface area contributed by atoms with Crippen molar-refractivity contribution < 1.29 is 17.3 Å². The fourth-order valence-electron chi connectivity index (χ4n) is 0.497. The normalized spacial score (nSPS) is 22.5. The second-order valence-corrected chi connectivity index (χ2v) is 4.36. The van der Waals surface area contributed by atoms with Crippen molar-refractivity contribution in [1.29, 1.82) is 0 Å². The number of rotatable bonds is 3. The molecule has 0 aliphatic heterocycles. The highest BCUT2D eigenvalue weighted by molar-refractivity contribution is 7.92. The van der Waals surface area contributed by atoms with Crippen LogP contribution in [0.3, 0.4) is 0 Å². The van der Waals surface area contributed by atoms with E-state index in [1.165, 1.54) is 6.92 Å². The monoisotopic (exact) mass is 182 g/mol. The Morgan fingerprint density at radius 3 is 2.27 bits per heavy atom. The highest BCUT2D eigenvalue weighted by Crippen LogP contribution is 2.19. The minimum atomic E-state index is -4.56. The summed E-state index contributed by atoms with van der Waals surface area (Å²) in [7, 11) is -4.56. The Morgan fingerprint density at radius 1 is 1.73 bits per heavy atom. The van der Waals surface area contributed by atoms with E-state index in [4.69, 9.17) is 9.85 Å². The Hall–Kier alpha value is -0.580. The summed E-state index contributed by atoms with van der Waals surface area (Å²) >= 11 is 0. The van der Waals surface area contributed by atoms with Crippen molar-refractivity contribution in [3.63, 3.8) is 0 Å². The number of nitrogens with two attached hydrogens (primary N) is 1. The minimum absolute atomic E-state index is 0.164. The first-order valence-corrected chi connectivity index (χ1v) is 4.53. The lowest BCUT2D eigenvalue weighted by Gasteiger charge is -2.21. The highest BCUT2D eigenvalue weighted by Gasteiger charge is 2.39. The summed E-state index contributed by atoms with van der Waals surface area (Å²) in [6, 6.07) is 0. The van der Waals surface area contributed by atoms with Gasteiger partial charge in [0.2, 0.25) is 5.91 Å². The molecule has 66 valence electrons. The van der Waals surface area contributed by atoms with Gasteiger partial charge in [-0.25, -0.2) is 8.42 Å². The fraction of sp³-hybridized carbons (Fsp3) is 0.833. The summed E-state index contributed by atoms with van der Waals surface area (Å²) in [5, 5.41) is 0. The SMILES string of the molecule is [2H]C([2H])([2H])S(=O)(=O)C(C)(CC)C(N)=O. The van der Waals surface area contributed by atoms with E-state index >= 15 is 0 Å². The van der Waals surface area contributed by atoms with E-state index in [1.807, 2.05) is 0 Å². The maximum absolute atomic E-state index is 11.5. The first-order chi connectivity index (χ1) is 6.00. The molecule has 0 saturated heterocycles. The van der Waals surface area contributed by atoms with E-state index in [0.717, 1.165) is 6.92 Å². The molecule has 4 nitrogen and oxygen atoms in total. The molecule has 0 radical (unpaired) electrons. The topological polar surface area (TPSA) is 77.2 Å². The molecule has 0 aliphatic rings. The number of hydrogen-bond acceptors (Lipinski definition) is 3. The van der Waals surface area contributed by atoms with Crippen molar-refractivity contribution in [2.75, 3.05) is 6.18 Å². The third-order valence-corrected chi connectivity index (χ3v) is 3.47. The molecule has 11 heavy (non-hydrogen) atoms. The Morgan fingerprint density at radius 2 is 2.18 bits per heavy atom. The van der Waals surface area contributed by atoms with Crippen LogP contribution < -0.4 is 5.73 Å². The molecule has 0 fully saturated rings. The fourth-order valence-corrected chi connectivity index (χ4v) is 1.14. The standard InChI is InChI=1S/C6H13NO3S/c1-4-6(2,5(7)8)11(3,9)10/h4H2,1-3H3,(H2,7,8)/i3D3. The number of amides is 1. The van der Waals surface area contributed by atoms with E-state index in [-0.39, 0.29) is 6.42 Å². The van der Waals surface area contributed by atoms with Gasteiger partial charge in [0.1, 0.15) is 4.75 Å². The lowest BCUT2D eigenvalue weighted by atomic mass is 10.1. The summed E-state index contributed by atoms with van der Waals surface area (Å²) in [5.41, 5.74) is 4.90. The highest BCUT2D eigenvalue weighted by atomic mass is 32.2. The Bertz CT molecular complexity index is 335. The smallest absolute Gasteiger partial charge is 0.238 e. The molecule has 0 aromatic carbocycles. The Balaban J connectivity index is 5.60. The second kappa shape index (κ2) is 2.81. The summed E-state index contributed by atoms with van der Waals surface area (Å²) in [4.78, 5) is 10.9. The van der Waals surface area contributed by atoms with E-state index in [1.54, 1.807) is 0 Å². The molecule has 0 bridgehead atoms. The summed E-state index contributed by atoms with van der Waals surface area (Å²) in [5.74, 6) is -1.14. The maximum Gasteiger partial charge on any atom is 0.238 e. The lowest BCUT2D eigenvalue weighted by Crippen LogP contribution is -2.46. The molecule has 0 aliphatic carbocycles. The average molecular weight is 182 g/mol. The van der Waals surface area contributed by atoms with Crippen LogP contribution >= 0.6 is 0 Å². The first kappa shape index (κ1) is 5.99. The van der Waals surface area contributed by atoms with Gasteiger partial charge in [0.25, 0.3) is 0 Å². The predicted octanol–water partition coefficient (Wildman–Crippen LogP) is -0.315. The Labute approximate surface area is 70.9 Å². The van der Waals surface area contributed by atoms with Crippen molar-refractivity contribution in [2.45, 2.75) is 25.0 Å². The molecule has 1 amide bonds. The number of sulfone groups is 1. The van der Waals surface area contributed by atoms with Crippen LogP contribution in [-0.4, -0.2) is 25.3 Å². The van der Waals surface area contributed by atoms with Gasteiger partial charge in [-0.2, -0.15) is 0 Å². The van der Waals surface area contributed by atoms with Crippen LogP contribution in [0, 0.1) is 0 Å². The minimum Gasteiger partial charge on any atom is -0.368 e. The molecule has 1 unspecified atom stereocenters. The predicted molar refractivity (Wildman–Crippen MR) is 42.7 cm³/mol. The summed E-state index contributed by atoms with van der Waals surface area (Å²) < 4.78 is 41.4. The van der Waals surface area contributed by atoms with Crippen molar-refractivity contribution >= 4 is 15.7 Å². The molecule has 0 saturated carbocycles. The van der Waals surface area contributed by atoms with Gasteiger partial charge in [-0.1, -0.05) is 6.92 Å². The number of carbonyl (C=O) groups excluding carboxylic acids is 1.